The van der Waals surface area contributed by atoms with Crippen LogP contribution in [0.15, 0.2) is 60.7 Å². The maximum absolute atomic E-state index is 6.51. The summed E-state index contributed by atoms with van der Waals surface area (Å²) < 4.78 is 3.41. The minimum atomic E-state index is 0.972. The highest BCUT2D eigenvalue weighted by Crippen LogP contribution is 2.37. The molecular weight excluding hydrogens is 315 g/mol. The second-order valence-electron chi connectivity index (χ2n) is 5.48. The molecule has 0 N–H and O–H groups in total. The standard InChI is InChI=1S/C18H10Cl2N2/c19-21-15-7-3-1-5-11(15)13-9-14-12-6-2-4-8-16(12)22(20)18(14)10-17(13)21/h1-10H. The minimum Gasteiger partial charge on any atom is -0.252 e. The Morgan fingerprint density at radius 1 is 0.500 bits per heavy atom. The molecule has 5 rings (SSSR count). The number of hydrogen-bond donors (Lipinski definition) is 0. The maximum atomic E-state index is 6.51. The van der Waals surface area contributed by atoms with Crippen LogP contribution in [-0.2, 0) is 0 Å². The first-order valence-electron chi connectivity index (χ1n) is 7.04. The van der Waals surface area contributed by atoms with E-state index in [1.54, 1.807) is 8.17 Å². The molecule has 2 nitrogen and oxygen atoms in total. The van der Waals surface area contributed by atoms with Crippen molar-refractivity contribution in [1.82, 2.24) is 8.17 Å². The van der Waals surface area contributed by atoms with Crippen molar-refractivity contribution in [3.8, 4) is 0 Å². The van der Waals surface area contributed by atoms with Gasteiger partial charge >= 0.3 is 0 Å². The predicted octanol–water partition coefficient (Wildman–Crippen LogP) is 5.91. The van der Waals surface area contributed by atoms with Gasteiger partial charge in [0.15, 0.2) is 0 Å². The molecule has 0 atom stereocenters. The monoisotopic (exact) mass is 324 g/mol. The van der Waals surface area contributed by atoms with Crippen molar-refractivity contribution in [2.24, 2.45) is 0 Å². The molecule has 0 radical (unpaired) electrons. The zero-order valence-electron chi connectivity index (χ0n) is 11.4. The second-order valence-corrected chi connectivity index (χ2v) is 6.16. The van der Waals surface area contributed by atoms with E-state index in [4.69, 9.17) is 23.6 Å². The van der Waals surface area contributed by atoms with Crippen LogP contribution in [0.5, 0.6) is 0 Å². The summed E-state index contributed by atoms with van der Waals surface area (Å²) >= 11 is 13.0. The Morgan fingerprint density at radius 3 is 1.45 bits per heavy atom. The van der Waals surface area contributed by atoms with Gasteiger partial charge in [-0.2, -0.15) is 0 Å². The quantitative estimate of drug-likeness (QED) is 0.335. The summed E-state index contributed by atoms with van der Waals surface area (Å²) in [6, 6.07) is 20.6. The lowest BCUT2D eigenvalue weighted by Gasteiger charge is -1.97. The van der Waals surface area contributed by atoms with Gasteiger partial charge in [-0.25, -0.2) is 0 Å². The molecule has 0 aliphatic heterocycles. The molecule has 0 aliphatic rings. The van der Waals surface area contributed by atoms with Gasteiger partial charge < -0.3 is 0 Å². The maximum Gasteiger partial charge on any atom is 0.0682 e. The molecule has 2 heterocycles. The Kier molecular flexibility index (Phi) is 2.36. The van der Waals surface area contributed by atoms with Crippen molar-refractivity contribution >= 4 is 67.2 Å². The lowest BCUT2D eigenvalue weighted by Crippen LogP contribution is -1.81. The molecule has 0 saturated carbocycles. The molecule has 0 aliphatic carbocycles. The molecule has 2 aromatic heterocycles. The Balaban J connectivity index is 2.11. The van der Waals surface area contributed by atoms with Crippen LogP contribution < -0.4 is 0 Å². The number of benzene rings is 3. The van der Waals surface area contributed by atoms with Gasteiger partial charge in [0.05, 0.1) is 22.1 Å². The van der Waals surface area contributed by atoms with E-state index in [0.717, 1.165) is 43.6 Å². The van der Waals surface area contributed by atoms with Gasteiger partial charge in [0.2, 0.25) is 0 Å². The highest BCUT2D eigenvalue weighted by atomic mass is 35.5. The molecule has 5 aromatic rings. The summed E-state index contributed by atoms with van der Waals surface area (Å²) in [4.78, 5) is 0. The summed E-state index contributed by atoms with van der Waals surface area (Å²) in [5.41, 5.74) is 3.97. The highest BCUT2D eigenvalue weighted by Gasteiger charge is 2.15. The van der Waals surface area contributed by atoms with E-state index < -0.39 is 0 Å². The number of halogens is 2. The molecule has 0 fully saturated rings. The van der Waals surface area contributed by atoms with Gasteiger partial charge in [0, 0.05) is 45.1 Å². The molecule has 0 bridgehead atoms. The first kappa shape index (κ1) is 12.4. The third-order valence-electron chi connectivity index (χ3n) is 4.35. The van der Waals surface area contributed by atoms with Crippen molar-refractivity contribution in [2.75, 3.05) is 0 Å². The Hall–Kier alpha value is -2.16. The van der Waals surface area contributed by atoms with Crippen LogP contribution in [-0.4, -0.2) is 8.17 Å². The number of aromatic nitrogens is 2. The second kappa shape index (κ2) is 4.19. The van der Waals surface area contributed by atoms with Crippen molar-refractivity contribution < 1.29 is 0 Å². The fourth-order valence-electron chi connectivity index (χ4n) is 3.34. The Morgan fingerprint density at radius 2 is 0.955 bits per heavy atom. The van der Waals surface area contributed by atoms with E-state index in [1.165, 1.54) is 0 Å². The van der Waals surface area contributed by atoms with Gasteiger partial charge in [-0.1, -0.05) is 36.4 Å². The van der Waals surface area contributed by atoms with Crippen LogP contribution in [0.3, 0.4) is 0 Å². The van der Waals surface area contributed by atoms with E-state index in [-0.39, 0.29) is 0 Å². The van der Waals surface area contributed by atoms with Gasteiger partial charge in [0.1, 0.15) is 0 Å². The van der Waals surface area contributed by atoms with Crippen LogP contribution in [0.4, 0.5) is 0 Å². The third kappa shape index (κ3) is 1.41. The number of rotatable bonds is 0. The van der Waals surface area contributed by atoms with Gasteiger partial charge in [0.25, 0.3) is 0 Å². The van der Waals surface area contributed by atoms with Crippen molar-refractivity contribution in [3.63, 3.8) is 0 Å². The van der Waals surface area contributed by atoms with Crippen LogP contribution in [0.1, 0.15) is 0 Å². The van der Waals surface area contributed by atoms with E-state index >= 15 is 0 Å². The number of nitrogens with zero attached hydrogens (tertiary/aromatic N) is 2. The van der Waals surface area contributed by atoms with Gasteiger partial charge in [-0.3, -0.25) is 8.17 Å². The van der Waals surface area contributed by atoms with Gasteiger partial charge in [-0.05, 0) is 24.3 Å². The average molecular weight is 325 g/mol. The first-order valence-corrected chi connectivity index (χ1v) is 7.72. The van der Waals surface area contributed by atoms with E-state index in [2.05, 4.69) is 24.3 Å². The average Bonchev–Trinajstić information content (AvgIpc) is 3.01. The van der Waals surface area contributed by atoms with E-state index in [0.29, 0.717) is 0 Å². The normalized spacial score (nSPS) is 12.1. The fraction of sp³-hybridized carbons (Fsp3) is 0. The predicted molar refractivity (Wildman–Crippen MR) is 94.9 cm³/mol. The Labute approximate surface area is 136 Å². The fourth-order valence-corrected chi connectivity index (χ4v) is 3.91. The molecule has 3 aromatic carbocycles. The Bertz CT molecular complexity index is 1110. The minimum absolute atomic E-state index is 0.972. The molecule has 4 heteroatoms. The summed E-state index contributed by atoms with van der Waals surface area (Å²) in [6.07, 6.45) is 0. The van der Waals surface area contributed by atoms with Crippen LogP contribution in [0, 0.1) is 0 Å². The van der Waals surface area contributed by atoms with Crippen LogP contribution >= 0.6 is 23.6 Å². The summed E-state index contributed by atoms with van der Waals surface area (Å²) in [7, 11) is 0. The van der Waals surface area contributed by atoms with Crippen molar-refractivity contribution in [3.05, 3.63) is 60.7 Å². The molecular formula is C18H10Cl2N2. The summed E-state index contributed by atoms with van der Waals surface area (Å²) in [5, 5.41) is 4.60. The van der Waals surface area contributed by atoms with Crippen molar-refractivity contribution in [1.29, 1.82) is 0 Å². The largest absolute Gasteiger partial charge is 0.252 e. The van der Waals surface area contributed by atoms with Crippen LogP contribution in [0.25, 0.3) is 43.6 Å². The highest BCUT2D eigenvalue weighted by molar-refractivity contribution is 6.31. The topological polar surface area (TPSA) is 9.86 Å². The van der Waals surface area contributed by atoms with Gasteiger partial charge in [-0.15, -0.1) is 0 Å². The SMILES string of the molecule is Cln1c2ccccc2c2cc3c4ccccc4n(Cl)c3cc21. The molecule has 22 heavy (non-hydrogen) atoms. The van der Waals surface area contributed by atoms with Crippen LogP contribution in [0.2, 0.25) is 0 Å². The van der Waals surface area contributed by atoms with Crippen molar-refractivity contribution in [2.45, 2.75) is 0 Å². The zero-order valence-corrected chi connectivity index (χ0v) is 12.9. The third-order valence-corrected chi connectivity index (χ3v) is 5.08. The molecule has 0 unspecified atom stereocenters. The smallest absolute Gasteiger partial charge is 0.0682 e. The number of fused-ring (bicyclic) bond motifs is 6. The lowest BCUT2D eigenvalue weighted by molar-refractivity contribution is 1.37. The molecule has 106 valence electrons. The molecule has 0 spiro atoms. The first-order chi connectivity index (χ1) is 10.8. The lowest BCUT2D eigenvalue weighted by atomic mass is 10.1. The number of hydrogen-bond acceptors (Lipinski definition) is 0. The summed E-state index contributed by atoms with van der Waals surface area (Å²) in [6.45, 7) is 0. The zero-order chi connectivity index (χ0) is 14.8. The summed E-state index contributed by atoms with van der Waals surface area (Å²) in [5.74, 6) is 0. The molecule has 0 saturated heterocycles. The van der Waals surface area contributed by atoms with E-state index in [9.17, 15) is 0 Å². The van der Waals surface area contributed by atoms with E-state index in [1.807, 2.05) is 36.4 Å². The number of para-hydroxylation sites is 2. The molecule has 0 amide bonds.